The third-order valence-electron chi connectivity index (χ3n) is 3.16. The lowest BCUT2D eigenvalue weighted by molar-refractivity contribution is 0.0302. The van der Waals surface area contributed by atoms with Crippen LogP contribution in [0.4, 0.5) is 5.82 Å². The molecule has 20 heavy (non-hydrogen) atoms. The van der Waals surface area contributed by atoms with Gasteiger partial charge in [-0.15, -0.1) is 0 Å². The van der Waals surface area contributed by atoms with E-state index in [-0.39, 0.29) is 12.5 Å². The van der Waals surface area contributed by atoms with Crippen LogP contribution >= 0.6 is 11.6 Å². The number of aliphatic hydroxyl groups excluding tert-OH is 1. The molecule has 110 valence electrons. The quantitative estimate of drug-likeness (QED) is 0.884. The van der Waals surface area contributed by atoms with Crippen molar-refractivity contribution in [2.75, 3.05) is 51.4 Å². The van der Waals surface area contributed by atoms with Crippen molar-refractivity contribution >= 4 is 23.3 Å². The van der Waals surface area contributed by atoms with Gasteiger partial charge in [0, 0.05) is 32.9 Å². The number of likely N-dealkylation sites (N-methyl/N-ethyl adjacent to an activating group) is 1. The van der Waals surface area contributed by atoms with E-state index in [0.29, 0.717) is 49.3 Å². The van der Waals surface area contributed by atoms with Gasteiger partial charge >= 0.3 is 0 Å². The Morgan fingerprint density at radius 1 is 1.55 bits per heavy atom. The molecule has 1 aromatic rings. The van der Waals surface area contributed by atoms with E-state index >= 15 is 0 Å². The van der Waals surface area contributed by atoms with Crippen molar-refractivity contribution in [3.05, 3.63) is 22.8 Å². The highest BCUT2D eigenvalue weighted by Crippen LogP contribution is 2.23. The van der Waals surface area contributed by atoms with Crippen molar-refractivity contribution in [3.63, 3.8) is 0 Å². The maximum Gasteiger partial charge on any atom is 0.255 e. The minimum absolute atomic E-state index is 0.0168. The number of ether oxygens (including phenoxy) is 1. The number of anilines is 1. The van der Waals surface area contributed by atoms with Gasteiger partial charge in [-0.25, -0.2) is 4.98 Å². The predicted molar refractivity (Wildman–Crippen MR) is 76.3 cm³/mol. The van der Waals surface area contributed by atoms with Gasteiger partial charge in [-0.3, -0.25) is 4.79 Å². The van der Waals surface area contributed by atoms with E-state index < -0.39 is 0 Å². The fourth-order valence-corrected chi connectivity index (χ4v) is 2.34. The normalized spacial score (nSPS) is 15.2. The van der Waals surface area contributed by atoms with Gasteiger partial charge in [0.05, 0.1) is 30.4 Å². The number of carbonyl (C=O) groups is 1. The van der Waals surface area contributed by atoms with Gasteiger partial charge in [0.25, 0.3) is 5.91 Å². The van der Waals surface area contributed by atoms with Crippen molar-refractivity contribution in [1.82, 2.24) is 9.88 Å². The smallest absolute Gasteiger partial charge is 0.255 e. The molecule has 1 aliphatic heterocycles. The molecular formula is C13H18ClN3O3. The average molecular weight is 300 g/mol. The lowest BCUT2D eigenvalue weighted by Crippen LogP contribution is -2.40. The Hall–Kier alpha value is -1.37. The van der Waals surface area contributed by atoms with Crippen LogP contribution in [0.15, 0.2) is 12.3 Å². The fraction of sp³-hybridized carbons (Fsp3) is 0.538. The maximum absolute atomic E-state index is 12.3. The first-order valence-electron chi connectivity index (χ1n) is 6.48. The van der Waals surface area contributed by atoms with Crippen molar-refractivity contribution in [3.8, 4) is 0 Å². The van der Waals surface area contributed by atoms with E-state index in [1.165, 1.54) is 6.20 Å². The molecule has 0 unspecified atom stereocenters. The molecule has 1 amide bonds. The second kappa shape index (κ2) is 6.88. The molecule has 1 saturated heterocycles. The first-order chi connectivity index (χ1) is 9.63. The van der Waals surface area contributed by atoms with E-state index in [0.717, 1.165) is 0 Å². The summed E-state index contributed by atoms with van der Waals surface area (Å²) in [6.45, 7) is 2.74. The number of aliphatic hydroxyl groups is 1. The topological polar surface area (TPSA) is 65.9 Å². The van der Waals surface area contributed by atoms with Gasteiger partial charge in [0.1, 0.15) is 5.82 Å². The number of hydrogen-bond acceptors (Lipinski definition) is 5. The summed E-state index contributed by atoms with van der Waals surface area (Å²) in [5, 5.41) is 9.32. The molecule has 0 aliphatic carbocycles. The standard InChI is InChI=1S/C13H18ClN3O3/c1-16(2-5-18)12-11(14)8-10(9-15-12)13(19)17-3-6-20-7-4-17/h8-9,18H,2-7H2,1H3. The summed E-state index contributed by atoms with van der Waals surface area (Å²) in [7, 11) is 1.79. The Labute approximate surface area is 122 Å². The molecule has 1 aromatic heterocycles. The lowest BCUT2D eigenvalue weighted by Gasteiger charge is -2.27. The molecule has 0 saturated carbocycles. The summed E-state index contributed by atoms with van der Waals surface area (Å²) in [6.07, 6.45) is 1.52. The molecule has 0 atom stereocenters. The summed E-state index contributed by atoms with van der Waals surface area (Å²) in [5.41, 5.74) is 0.470. The molecule has 1 N–H and O–H groups in total. The summed E-state index contributed by atoms with van der Waals surface area (Å²) < 4.78 is 5.22. The molecule has 2 heterocycles. The maximum atomic E-state index is 12.3. The summed E-state index contributed by atoms with van der Waals surface area (Å²) in [4.78, 5) is 20.0. The van der Waals surface area contributed by atoms with Gasteiger partial charge in [0.2, 0.25) is 0 Å². The third-order valence-corrected chi connectivity index (χ3v) is 3.44. The molecule has 2 rings (SSSR count). The molecule has 1 aliphatic rings. The number of carbonyl (C=O) groups excluding carboxylic acids is 1. The zero-order valence-corrected chi connectivity index (χ0v) is 12.1. The second-order valence-corrected chi connectivity index (χ2v) is 4.99. The highest BCUT2D eigenvalue weighted by Gasteiger charge is 2.20. The molecule has 0 radical (unpaired) electrons. The van der Waals surface area contributed by atoms with Crippen LogP contribution in [-0.4, -0.2) is 67.4 Å². The number of pyridine rings is 1. The van der Waals surface area contributed by atoms with Gasteiger partial charge in [0.15, 0.2) is 0 Å². The first kappa shape index (κ1) is 15.0. The summed E-state index contributed by atoms with van der Waals surface area (Å²) in [6, 6.07) is 1.62. The third kappa shape index (κ3) is 3.39. The van der Waals surface area contributed by atoms with Crippen molar-refractivity contribution < 1.29 is 14.6 Å². The Morgan fingerprint density at radius 2 is 2.25 bits per heavy atom. The van der Waals surface area contributed by atoms with Crippen LogP contribution in [0.2, 0.25) is 5.02 Å². The Kier molecular flexibility index (Phi) is 5.17. The predicted octanol–water partition coefficient (Wildman–Crippen LogP) is 0.636. The van der Waals surface area contributed by atoms with Crippen LogP contribution in [0, 0.1) is 0 Å². The number of rotatable bonds is 4. The molecule has 0 aromatic carbocycles. The Balaban J connectivity index is 2.13. The Morgan fingerprint density at radius 3 is 2.85 bits per heavy atom. The highest BCUT2D eigenvalue weighted by molar-refractivity contribution is 6.33. The van der Waals surface area contributed by atoms with Crippen molar-refractivity contribution in [1.29, 1.82) is 0 Å². The fourth-order valence-electron chi connectivity index (χ4n) is 2.03. The molecular weight excluding hydrogens is 282 g/mol. The summed E-state index contributed by atoms with van der Waals surface area (Å²) in [5.74, 6) is 0.471. The number of amides is 1. The monoisotopic (exact) mass is 299 g/mol. The highest BCUT2D eigenvalue weighted by atomic mass is 35.5. The zero-order chi connectivity index (χ0) is 14.5. The number of halogens is 1. The molecule has 0 bridgehead atoms. The number of hydrogen-bond donors (Lipinski definition) is 1. The second-order valence-electron chi connectivity index (χ2n) is 4.58. The van der Waals surface area contributed by atoms with E-state index in [1.807, 2.05) is 0 Å². The Bertz CT molecular complexity index is 478. The minimum atomic E-state index is -0.0842. The number of nitrogens with zero attached hydrogens (tertiary/aromatic N) is 3. The van der Waals surface area contributed by atoms with Crippen LogP contribution in [0.1, 0.15) is 10.4 Å². The van der Waals surface area contributed by atoms with Gasteiger partial charge in [-0.1, -0.05) is 11.6 Å². The summed E-state index contributed by atoms with van der Waals surface area (Å²) >= 11 is 6.16. The zero-order valence-electron chi connectivity index (χ0n) is 11.4. The van der Waals surface area contributed by atoms with E-state index in [1.54, 1.807) is 22.9 Å². The van der Waals surface area contributed by atoms with Crippen LogP contribution in [0.5, 0.6) is 0 Å². The number of aromatic nitrogens is 1. The van der Waals surface area contributed by atoms with E-state index in [2.05, 4.69) is 4.98 Å². The minimum Gasteiger partial charge on any atom is -0.395 e. The van der Waals surface area contributed by atoms with E-state index in [4.69, 9.17) is 21.4 Å². The first-order valence-corrected chi connectivity index (χ1v) is 6.86. The van der Waals surface area contributed by atoms with Crippen LogP contribution in [0.25, 0.3) is 0 Å². The van der Waals surface area contributed by atoms with Crippen LogP contribution in [-0.2, 0) is 4.74 Å². The van der Waals surface area contributed by atoms with Crippen LogP contribution in [0.3, 0.4) is 0 Å². The largest absolute Gasteiger partial charge is 0.395 e. The molecule has 0 spiro atoms. The molecule has 6 nitrogen and oxygen atoms in total. The number of morpholine rings is 1. The van der Waals surface area contributed by atoms with Crippen molar-refractivity contribution in [2.24, 2.45) is 0 Å². The van der Waals surface area contributed by atoms with Crippen molar-refractivity contribution in [2.45, 2.75) is 0 Å². The van der Waals surface area contributed by atoms with Gasteiger partial charge in [-0.05, 0) is 6.07 Å². The average Bonchev–Trinajstić information content (AvgIpc) is 2.47. The van der Waals surface area contributed by atoms with Gasteiger partial charge in [-0.2, -0.15) is 0 Å². The lowest BCUT2D eigenvalue weighted by atomic mass is 10.2. The van der Waals surface area contributed by atoms with Crippen LogP contribution < -0.4 is 4.90 Å². The molecule has 1 fully saturated rings. The van der Waals surface area contributed by atoms with Gasteiger partial charge < -0.3 is 19.6 Å². The SMILES string of the molecule is CN(CCO)c1ncc(C(=O)N2CCOCC2)cc1Cl. The van der Waals surface area contributed by atoms with E-state index in [9.17, 15) is 4.79 Å². The molecule has 7 heteroatoms.